The third kappa shape index (κ3) is 4.02. The molecule has 0 bridgehead atoms. The molecule has 1 amide bonds. The number of rotatable bonds is 4. The Morgan fingerprint density at radius 1 is 1.27 bits per heavy atom. The summed E-state index contributed by atoms with van der Waals surface area (Å²) < 4.78 is 5.07. The largest absolute Gasteiger partial charge is 0.412 e. The van der Waals surface area contributed by atoms with Crippen molar-refractivity contribution in [1.29, 1.82) is 0 Å². The van der Waals surface area contributed by atoms with Gasteiger partial charge in [0.1, 0.15) is 5.75 Å². The van der Waals surface area contributed by atoms with Crippen molar-refractivity contribution in [3.8, 4) is 5.75 Å². The van der Waals surface area contributed by atoms with Crippen LogP contribution in [0.15, 0.2) is 24.3 Å². The molecule has 1 rings (SSSR count). The minimum atomic E-state index is -0.388. The molecule has 15 heavy (non-hydrogen) atoms. The summed E-state index contributed by atoms with van der Waals surface area (Å²) in [6.07, 6.45) is 1.51. The first-order valence-electron chi connectivity index (χ1n) is 5.31. The molecule has 0 heterocycles. The summed E-state index contributed by atoms with van der Waals surface area (Å²) in [5.41, 5.74) is 1.23. The van der Waals surface area contributed by atoms with Crippen molar-refractivity contribution in [3.05, 3.63) is 29.8 Å². The van der Waals surface area contributed by atoms with Crippen molar-refractivity contribution in [2.75, 3.05) is 6.54 Å². The molecule has 0 aromatic heterocycles. The molecule has 0 aliphatic rings. The van der Waals surface area contributed by atoms with Gasteiger partial charge in [-0.05, 0) is 30.5 Å². The standard InChI is InChI=1S/C12H17NO2/c1-3-9-13-12(14)15-11-7-5-10(4-2)6-8-11/h5-8H,3-4,9H2,1-2H3,(H,13,14). The van der Waals surface area contributed by atoms with Crippen molar-refractivity contribution < 1.29 is 9.53 Å². The minimum absolute atomic E-state index is 0.388. The molecule has 1 N–H and O–H groups in total. The van der Waals surface area contributed by atoms with Gasteiger partial charge in [-0.2, -0.15) is 0 Å². The number of benzene rings is 1. The van der Waals surface area contributed by atoms with E-state index in [1.807, 2.05) is 31.2 Å². The van der Waals surface area contributed by atoms with Crippen LogP contribution in [-0.2, 0) is 6.42 Å². The summed E-state index contributed by atoms with van der Waals surface area (Å²) in [7, 11) is 0. The number of ether oxygens (including phenoxy) is 1. The van der Waals surface area contributed by atoms with Crippen LogP contribution in [0, 0.1) is 0 Å². The second kappa shape index (κ2) is 6.06. The predicted octanol–water partition coefficient (Wildman–Crippen LogP) is 2.75. The summed E-state index contributed by atoms with van der Waals surface area (Å²) in [4.78, 5) is 11.2. The minimum Gasteiger partial charge on any atom is -0.410 e. The Morgan fingerprint density at radius 2 is 1.93 bits per heavy atom. The summed E-state index contributed by atoms with van der Waals surface area (Å²) in [5, 5.41) is 2.65. The fourth-order valence-corrected chi connectivity index (χ4v) is 1.16. The van der Waals surface area contributed by atoms with E-state index in [1.54, 1.807) is 0 Å². The van der Waals surface area contributed by atoms with Crippen molar-refractivity contribution in [3.63, 3.8) is 0 Å². The Bertz CT molecular complexity index is 306. The van der Waals surface area contributed by atoms with Crippen molar-refractivity contribution in [2.45, 2.75) is 26.7 Å². The molecule has 0 atom stereocenters. The van der Waals surface area contributed by atoms with E-state index >= 15 is 0 Å². The first kappa shape index (κ1) is 11.6. The first-order chi connectivity index (χ1) is 7.26. The monoisotopic (exact) mass is 207 g/mol. The van der Waals surface area contributed by atoms with E-state index in [-0.39, 0.29) is 6.09 Å². The highest BCUT2D eigenvalue weighted by atomic mass is 16.5. The van der Waals surface area contributed by atoms with Crippen LogP contribution in [0.4, 0.5) is 4.79 Å². The Kier molecular flexibility index (Phi) is 4.68. The van der Waals surface area contributed by atoms with Gasteiger partial charge in [0.2, 0.25) is 0 Å². The summed E-state index contributed by atoms with van der Waals surface area (Å²) in [6.45, 7) is 4.73. The molecule has 0 saturated carbocycles. The zero-order valence-corrected chi connectivity index (χ0v) is 9.25. The fourth-order valence-electron chi connectivity index (χ4n) is 1.16. The molecule has 0 fully saturated rings. The van der Waals surface area contributed by atoms with E-state index < -0.39 is 0 Å². The zero-order chi connectivity index (χ0) is 11.1. The number of amides is 1. The van der Waals surface area contributed by atoms with Gasteiger partial charge in [0.15, 0.2) is 0 Å². The van der Waals surface area contributed by atoms with Gasteiger partial charge >= 0.3 is 6.09 Å². The van der Waals surface area contributed by atoms with Crippen LogP contribution in [0.1, 0.15) is 25.8 Å². The maximum Gasteiger partial charge on any atom is 0.412 e. The number of carbonyl (C=O) groups excluding carboxylic acids is 1. The van der Waals surface area contributed by atoms with Crippen LogP contribution in [0.5, 0.6) is 5.75 Å². The molecule has 0 radical (unpaired) electrons. The third-order valence-corrected chi connectivity index (χ3v) is 2.06. The quantitative estimate of drug-likeness (QED) is 0.824. The normalized spacial score (nSPS) is 9.73. The highest BCUT2D eigenvalue weighted by molar-refractivity contribution is 5.70. The molecule has 0 aliphatic heterocycles. The highest BCUT2D eigenvalue weighted by Gasteiger charge is 2.01. The SMILES string of the molecule is CCCNC(=O)Oc1ccc(CC)cc1. The average Bonchev–Trinajstić information content (AvgIpc) is 2.27. The number of nitrogens with one attached hydrogen (secondary N) is 1. The highest BCUT2D eigenvalue weighted by Crippen LogP contribution is 2.12. The zero-order valence-electron chi connectivity index (χ0n) is 9.25. The molecule has 1 aromatic rings. The summed E-state index contributed by atoms with van der Waals surface area (Å²) in [5.74, 6) is 0.584. The molecule has 3 heteroatoms. The van der Waals surface area contributed by atoms with E-state index in [1.165, 1.54) is 5.56 Å². The fraction of sp³-hybridized carbons (Fsp3) is 0.417. The van der Waals surface area contributed by atoms with Crippen LogP contribution in [-0.4, -0.2) is 12.6 Å². The smallest absolute Gasteiger partial charge is 0.410 e. The van der Waals surface area contributed by atoms with Crippen LogP contribution < -0.4 is 10.1 Å². The second-order valence-electron chi connectivity index (χ2n) is 3.31. The number of aryl methyl sites for hydroxylation is 1. The van der Waals surface area contributed by atoms with Gasteiger partial charge in [-0.3, -0.25) is 0 Å². The van der Waals surface area contributed by atoms with Crippen molar-refractivity contribution >= 4 is 6.09 Å². The van der Waals surface area contributed by atoms with E-state index in [0.717, 1.165) is 12.8 Å². The lowest BCUT2D eigenvalue weighted by molar-refractivity contribution is 0.200. The maximum atomic E-state index is 11.2. The van der Waals surface area contributed by atoms with Gasteiger partial charge in [-0.25, -0.2) is 4.79 Å². The van der Waals surface area contributed by atoms with Crippen molar-refractivity contribution in [1.82, 2.24) is 5.32 Å². The third-order valence-electron chi connectivity index (χ3n) is 2.06. The van der Waals surface area contributed by atoms with Crippen molar-refractivity contribution in [2.24, 2.45) is 0 Å². The molecular weight excluding hydrogens is 190 g/mol. The molecule has 0 aliphatic carbocycles. The van der Waals surface area contributed by atoms with Crippen LogP contribution in [0.25, 0.3) is 0 Å². The van der Waals surface area contributed by atoms with Gasteiger partial charge in [0, 0.05) is 6.54 Å². The predicted molar refractivity (Wildman–Crippen MR) is 60.1 cm³/mol. The lowest BCUT2D eigenvalue weighted by Gasteiger charge is -2.05. The van der Waals surface area contributed by atoms with E-state index in [0.29, 0.717) is 12.3 Å². The Morgan fingerprint density at radius 3 is 2.47 bits per heavy atom. The van der Waals surface area contributed by atoms with E-state index in [9.17, 15) is 4.79 Å². The Hall–Kier alpha value is -1.51. The van der Waals surface area contributed by atoms with Gasteiger partial charge < -0.3 is 10.1 Å². The number of carbonyl (C=O) groups is 1. The summed E-state index contributed by atoms with van der Waals surface area (Å²) >= 11 is 0. The van der Waals surface area contributed by atoms with Crippen LogP contribution in [0.2, 0.25) is 0 Å². The number of hydrogen-bond donors (Lipinski definition) is 1. The Balaban J connectivity index is 2.46. The second-order valence-corrected chi connectivity index (χ2v) is 3.31. The van der Waals surface area contributed by atoms with Gasteiger partial charge in [0.05, 0.1) is 0 Å². The van der Waals surface area contributed by atoms with Gasteiger partial charge in [-0.15, -0.1) is 0 Å². The lowest BCUT2D eigenvalue weighted by Crippen LogP contribution is -2.27. The Labute approximate surface area is 90.4 Å². The summed E-state index contributed by atoms with van der Waals surface area (Å²) in [6, 6.07) is 7.54. The molecule has 3 nitrogen and oxygen atoms in total. The lowest BCUT2D eigenvalue weighted by atomic mass is 10.2. The molecule has 0 spiro atoms. The topological polar surface area (TPSA) is 38.3 Å². The molecule has 82 valence electrons. The van der Waals surface area contributed by atoms with E-state index in [4.69, 9.17) is 4.74 Å². The first-order valence-corrected chi connectivity index (χ1v) is 5.31. The number of hydrogen-bond acceptors (Lipinski definition) is 2. The molecular formula is C12H17NO2. The van der Waals surface area contributed by atoms with Gasteiger partial charge in [0.25, 0.3) is 0 Å². The van der Waals surface area contributed by atoms with Crippen LogP contribution >= 0.6 is 0 Å². The molecule has 0 saturated heterocycles. The van der Waals surface area contributed by atoms with Crippen LogP contribution in [0.3, 0.4) is 0 Å². The molecule has 1 aromatic carbocycles. The average molecular weight is 207 g/mol. The molecule has 0 unspecified atom stereocenters. The van der Waals surface area contributed by atoms with E-state index in [2.05, 4.69) is 12.2 Å². The maximum absolute atomic E-state index is 11.2. The van der Waals surface area contributed by atoms with Gasteiger partial charge in [-0.1, -0.05) is 26.0 Å².